The van der Waals surface area contributed by atoms with Crippen molar-refractivity contribution in [2.24, 2.45) is 10.8 Å². The Morgan fingerprint density at radius 3 is 2.75 bits per heavy atom. The number of ether oxygens (including phenoxy) is 2. The molecule has 6 nitrogen and oxygen atoms in total. The molecule has 6 heteroatoms. The molecule has 0 saturated heterocycles. The summed E-state index contributed by atoms with van der Waals surface area (Å²) in [6.07, 6.45) is 1.43. The van der Waals surface area contributed by atoms with E-state index in [1.807, 2.05) is 0 Å². The second-order valence-corrected chi connectivity index (χ2v) is 2.84. The fraction of sp³-hybridized carbons (Fsp3) is 0.200. The van der Waals surface area contributed by atoms with E-state index in [9.17, 15) is 4.79 Å². The monoisotopic (exact) mass is 223 g/mol. The molecule has 1 rings (SSSR count). The molecular formula is C10H13N3O3. The number of benzene rings is 1. The highest BCUT2D eigenvalue weighted by Gasteiger charge is 2.02. The molecule has 1 aromatic rings. The van der Waals surface area contributed by atoms with E-state index in [0.29, 0.717) is 17.1 Å². The zero-order valence-electron chi connectivity index (χ0n) is 9.06. The second kappa shape index (κ2) is 5.59. The third-order valence-electron chi connectivity index (χ3n) is 1.82. The van der Waals surface area contributed by atoms with Crippen LogP contribution in [-0.2, 0) is 0 Å². The van der Waals surface area contributed by atoms with Crippen LogP contribution in [0.1, 0.15) is 5.56 Å². The van der Waals surface area contributed by atoms with Gasteiger partial charge < -0.3 is 15.2 Å². The summed E-state index contributed by atoms with van der Waals surface area (Å²) in [6.45, 7) is 0. The van der Waals surface area contributed by atoms with Crippen LogP contribution in [0, 0.1) is 0 Å². The third-order valence-corrected chi connectivity index (χ3v) is 1.82. The second-order valence-electron chi connectivity index (χ2n) is 2.84. The number of hydrogen-bond donors (Lipinski definition) is 2. The van der Waals surface area contributed by atoms with Gasteiger partial charge >= 0.3 is 6.03 Å². The van der Waals surface area contributed by atoms with Crippen LogP contribution in [0.3, 0.4) is 0 Å². The molecule has 0 atom stereocenters. The molecule has 0 radical (unpaired) electrons. The lowest BCUT2D eigenvalue weighted by molar-refractivity contribution is 0.249. The van der Waals surface area contributed by atoms with Crippen molar-refractivity contribution < 1.29 is 14.3 Å². The minimum absolute atomic E-state index is 0.592. The van der Waals surface area contributed by atoms with Crippen molar-refractivity contribution in [3.05, 3.63) is 23.8 Å². The number of nitrogens with one attached hydrogen (secondary N) is 1. The Morgan fingerprint density at radius 1 is 1.44 bits per heavy atom. The molecule has 1 aromatic carbocycles. The summed E-state index contributed by atoms with van der Waals surface area (Å²) >= 11 is 0. The van der Waals surface area contributed by atoms with Gasteiger partial charge in [0.15, 0.2) is 0 Å². The number of carbonyl (C=O) groups is 1. The van der Waals surface area contributed by atoms with Gasteiger partial charge in [-0.3, -0.25) is 0 Å². The summed E-state index contributed by atoms with van der Waals surface area (Å²) in [7, 11) is 3.10. The van der Waals surface area contributed by atoms with Crippen molar-refractivity contribution in [3.8, 4) is 11.5 Å². The number of hydrogen-bond acceptors (Lipinski definition) is 4. The van der Waals surface area contributed by atoms with Gasteiger partial charge in [-0.25, -0.2) is 10.2 Å². The molecule has 0 spiro atoms. The molecule has 3 N–H and O–H groups in total. The van der Waals surface area contributed by atoms with Crippen molar-refractivity contribution in [1.29, 1.82) is 0 Å². The van der Waals surface area contributed by atoms with Crippen LogP contribution < -0.4 is 20.6 Å². The molecule has 2 amide bonds. The van der Waals surface area contributed by atoms with Crippen molar-refractivity contribution in [1.82, 2.24) is 5.43 Å². The van der Waals surface area contributed by atoms with E-state index in [2.05, 4.69) is 10.5 Å². The Bertz CT molecular complexity index is 404. The van der Waals surface area contributed by atoms with Gasteiger partial charge in [-0.15, -0.1) is 0 Å². The smallest absolute Gasteiger partial charge is 0.332 e. The Labute approximate surface area is 93.0 Å². The lowest BCUT2D eigenvalue weighted by Gasteiger charge is -2.06. The maximum absolute atomic E-state index is 10.4. The van der Waals surface area contributed by atoms with Crippen LogP contribution in [0.25, 0.3) is 0 Å². The van der Waals surface area contributed by atoms with E-state index >= 15 is 0 Å². The van der Waals surface area contributed by atoms with Gasteiger partial charge in [0.2, 0.25) is 0 Å². The molecule has 0 fully saturated rings. The number of nitrogens with zero attached hydrogens (tertiary/aromatic N) is 1. The molecule has 0 aromatic heterocycles. The van der Waals surface area contributed by atoms with Crippen LogP contribution in [-0.4, -0.2) is 26.5 Å². The molecular weight excluding hydrogens is 210 g/mol. The van der Waals surface area contributed by atoms with Gasteiger partial charge in [-0.2, -0.15) is 5.10 Å². The average Bonchev–Trinajstić information content (AvgIpc) is 2.29. The van der Waals surface area contributed by atoms with Crippen LogP contribution in [0.5, 0.6) is 11.5 Å². The molecule has 0 aliphatic rings. The van der Waals surface area contributed by atoms with Crippen LogP contribution in [0.4, 0.5) is 4.79 Å². The summed E-state index contributed by atoms with van der Waals surface area (Å²) in [5, 5.41) is 3.63. The molecule has 0 saturated carbocycles. The summed E-state index contributed by atoms with van der Waals surface area (Å²) in [5.41, 5.74) is 7.66. The van der Waals surface area contributed by atoms with Crippen LogP contribution in [0.15, 0.2) is 23.3 Å². The molecule has 0 unspecified atom stereocenters. The molecule has 0 bridgehead atoms. The number of amides is 2. The Kier molecular flexibility index (Phi) is 4.14. The number of rotatable bonds is 4. The maximum Gasteiger partial charge on any atom is 0.332 e. The predicted molar refractivity (Wildman–Crippen MR) is 59.9 cm³/mol. The van der Waals surface area contributed by atoms with Crippen molar-refractivity contribution in [2.45, 2.75) is 0 Å². The molecule has 86 valence electrons. The normalized spacial score (nSPS) is 10.1. The first-order valence-corrected chi connectivity index (χ1v) is 4.48. The summed E-state index contributed by atoms with van der Waals surface area (Å²) in [4.78, 5) is 10.4. The first-order valence-electron chi connectivity index (χ1n) is 4.48. The molecule has 0 aliphatic heterocycles. The van der Waals surface area contributed by atoms with Crippen molar-refractivity contribution >= 4 is 12.2 Å². The lowest BCUT2D eigenvalue weighted by Crippen LogP contribution is -2.24. The van der Waals surface area contributed by atoms with E-state index in [4.69, 9.17) is 15.2 Å². The van der Waals surface area contributed by atoms with Crippen LogP contribution in [0.2, 0.25) is 0 Å². The number of methoxy groups -OCH3 is 2. The number of carbonyl (C=O) groups excluding carboxylic acids is 1. The van der Waals surface area contributed by atoms with Gasteiger partial charge in [0, 0.05) is 11.6 Å². The van der Waals surface area contributed by atoms with Gasteiger partial charge in [0.1, 0.15) is 11.5 Å². The number of hydrazone groups is 1. The largest absolute Gasteiger partial charge is 0.497 e. The van der Waals surface area contributed by atoms with Gasteiger partial charge in [0.05, 0.1) is 20.4 Å². The fourth-order valence-electron chi connectivity index (χ4n) is 1.09. The molecule has 0 aliphatic carbocycles. The third kappa shape index (κ3) is 3.16. The van der Waals surface area contributed by atoms with E-state index < -0.39 is 6.03 Å². The SMILES string of the molecule is COc1ccc(C=NNC(N)=O)c(OC)c1. The van der Waals surface area contributed by atoms with Gasteiger partial charge in [-0.05, 0) is 12.1 Å². The quantitative estimate of drug-likeness (QED) is 0.582. The molecule has 0 heterocycles. The van der Waals surface area contributed by atoms with Crippen molar-refractivity contribution in [3.63, 3.8) is 0 Å². The summed E-state index contributed by atoms with van der Waals surface area (Å²) in [5.74, 6) is 1.27. The van der Waals surface area contributed by atoms with E-state index in [0.717, 1.165) is 0 Å². The average molecular weight is 223 g/mol. The summed E-state index contributed by atoms with van der Waals surface area (Å²) < 4.78 is 10.2. The number of primary amides is 1. The number of nitrogens with two attached hydrogens (primary N) is 1. The maximum atomic E-state index is 10.4. The Hall–Kier alpha value is -2.24. The predicted octanol–water partition coefficient (Wildman–Crippen LogP) is 0.706. The summed E-state index contributed by atoms with van der Waals surface area (Å²) in [6, 6.07) is 4.51. The zero-order chi connectivity index (χ0) is 12.0. The molecule has 16 heavy (non-hydrogen) atoms. The van der Waals surface area contributed by atoms with E-state index in [1.165, 1.54) is 13.3 Å². The van der Waals surface area contributed by atoms with E-state index in [-0.39, 0.29) is 0 Å². The lowest BCUT2D eigenvalue weighted by atomic mass is 10.2. The Balaban J connectivity index is 2.87. The highest BCUT2D eigenvalue weighted by atomic mass is 16.5. The Morgan fingerprint density at radius 2 is 2.19 bits per heavy atom. The highest BCUT2D eigenvalue weighted by molar-refractivity contribution is 5.85. The minimum Gasteiger partial charge on any atom is -0.497 e. The first-order chi connectivity index (χ1) is 7.67. The zero-order valence-corrected chi connectivity index (χ0v) is 9.06. The highest BCUT2D eigenvalue weighted by Crippen LogP contribution is 2.22. The minimum atomic E-state index is -0.719. The van der Waals surface area contributed by atoms with Crippen LogP contribution >= 0.6 is 0 Å². The number of urea groups is 1. The fourth-order valence-corrected chi connectivity index (χ4v) is 1.09. The standard InChI is InChI=1S/C10H13N3O3/c1-15-8-4-3-7(9(5-8)16-2)6-12-13-10(11)14/h3-6H,1-2H3,(H3,11,13,14). The van der Waals surface area contributed by atoms with Gasteiger partial charge in [0.25, 0.3) is 0 Å². The van der Waals surface area contributed by atoms with E-state index in [1.54, 1.807) is 25.3 Å². The van der Waals surface area contributed by atoms with Gasteiger partial charge in [-0.1, -0.05) is 0 Å². The topological polar surface area (TPSA) is 85.9 Å². The van der Waals surface area contributed by atoms with Crippen molar-refractivity contribution in [2.75, 3.05) is 14.2 Å². The first kappa shape index (κ1) is 11.8.